The van der Waals surface area contributed by atoms with Gasteiger partial charge >= 0.3 is 0 Å². The highest BCUT2D eigenvalue weighted by atomic mass is 79.9. The number of carbonyl (C=O) groups excluding carboxylic acids is 1. The number of hydrogen-bond acceptors (Lipinski definition) is 6. The largest absolute Gasteiger partial charge is 0.351 e. The Morgan fingerprint density at radius 3 is 2.59 bits per heavy atom. The van der Waals surface area contributed by atoms with Crippen molar-refractivity contribution in [2.45, 2.75) is 26.2 Å². The molecule has 2 N–H and O–H groups in total. The summed E-state index contributed by atoms with van der Waals surface area (Å²) in [6.45, 7) is 9.53. The van der Waals surface area contributed by atoms with Gasteiger partial charge in [-0.15, -0.1) is 0 Å². The zero-order valence-electron chi connectivity index (χ0n) is 15.8. The van der Waals surface area contributed by atoms with E-state index in [-0.39, 0.29) is 11.8 Å². The van der Waals surface area contributed by atoms with E-state index in [1.165, 1.54) is 0 Å². The Hall–Kier alpha value is -2.00. The molecule has 0 bridgehead atoms. The Kier molecular flexibility index (Phi) is 6.78. The van der Waals surface area contributed by atoms with Crippen molar-refractivity contribution < 1.29 is 4.79 Å². The number of nitrogens with one attached hydrogen (secondary N) is 2. The Balaban J connectivity index is 1.37. The molecule has 8 nitrogen and oxygen atoms in total. The van der Waals surface area contributed by atoms with Crippen LogP contribution in [0.25, 0.3) is 0 Å². The van der Waals surface area contributed by atoms with Crippen molar-refractivity contribution in [2.24, 2.45) is 0 Å². The average Bonchev–Trinajstić information content (AvgIpc) is 3.08. The first-order valence-corrected chi connectivity index (χ1v) is 10.1. The van der Waals surface area contributed by atoms with Crippen LogP contribution >= 0.6 is 15.9 Å². The second kappa shape index (κ2) is 9.27. The van der Waals surface area contributed by atoms with Crippen LogP contribution in [0.5, 0.6) is 0 Å². The van der Waals surface area contributed by atoms with Gasteiger partial charge < -0.3 is 10.2 Å². The number of aromatic nitrogens is 4. The van der Waals surface area contributed by atoms with Crippen molar-refractivity contribution in [3.05, 3.63) is 34.3 Å². The molecule has 0 saturated carbocycles. The molecule has 3 rings (SSSR count). The lowest BCUT2D eigenvalue weighted by Crippen LogP contribution is -2.47. The molecule has 0 radical (unpaired) electrons. The van der Waals surface area contributed by atoms with Gasteiger partial charge in [-0.2, -0.15) is 5.10 Å². The van der Waals surface area contributed by atoms with E-state index < -0.39 is 0 Å². The van der Waals surface area contributed by atoms with E-state index in [0.29, 0.717) is 12.2 Å². The molecule has 1 fully saturated rings. The number of piperazine rings is 1. The molecule has 0 spiro atoms. The molecule has 2 aromatic rings. The molecule has 9 heteroatoms. The van der Waals surface area contributed by atoms with E-state index >= 15 is 0 Å². The minimum atomic E-state index is -0.143. The Morgan fingerprint density at radius 1 is 1.26 bits per heavy atom. The van der Waals surface area contributed by atoms with Crippen molar-refractivity contribution >= 4 is 27.8 Å². The summed E-state index contributed by atoms with van der Waals surface area (Å²) in [5.74, 6) is 0.944. The second-order valence-electron chi connectivity index (χ2n) is 6.94. The number of anilines is 1. The molecule has 1 saturated heterocycles. The van der Waals surface area contributed by atoms with Gasteiger partial charge in [-0.25, -0.2) is 9.97 Å². The number of halogens is 1. The molecular weight excluding hydrogens is 410 g/mol. The summed E-state index contributed by atoms with van der Waals surface area (Å²) < 4.78 is 0.759. The van der Waals surface area contributed by atoms with Gasteiger partial charge in [0, 0.05) is 45.1 Å². The number of aromatic amines is 1. The predicted octanol–water partition coefficient (Wildman–Crippen LogP) is 2.03. The SMILES string of the molecule is CC(C)c1[nH]nc(C(=O)NCCCN2CCN(c3ncccn3)CC2)c1Br. The van der Waals surface area contributed by atoms with Crippen molar-refractivity contribution in [3.8, 4) is 0 Å². The zero-order chi connectivity index (χ0) is 19.2. The third kappa shape index (κ3) is 5.04. The third-order valence-electron chi connectivity index (χ3n) is 4.67. The Morgan fingerprint density at radius 2 is 1.96 bits per heavy atom. The van der Waals surface area contributed by atoms with Crippen LogP contribution in [0.1, 0.15) is 42.4 Å². The first-order chi connectivity index (χ1) is 13.1. The van der Waals surface area contributed by atoms with Gasteiger partial charge in [-0.05, 0) is 40.9 Å². The van der Waals surface area contributed by atoms with Gasteiger partial charge in [-0.3, -0.25) is 14.8 Å². The minimum Gasteiger partial charge on any atom is -0.351 e. The minimum absolute atomic E-state index is 0.143. The summed E-state index contributed by atoms with van der Waals surface area (Å²) in [5, 5.41) is 10.0. The van der Waals surface area contributed by atoms with Crippen LogP contribution in [-0.4, -0.2) is 70.2 Å². The Bertz CT molecular complexity index is 741. The quantitative estimate of drug-likeness (QED) is 0.646. The maximum atomic E-state index is 12.3. The maximum absolute atomic E-state index is 12.3. The first-order valence-electron chi connectivity index (χ1n) is 9.32. The van der Waals surface area contributed by atoms with Crippen molar-refractivity contribution in [2.75, 3.05) is 44.2 Å². The van der Waals surface area contributed by atoms with Crippen LogP contribution in [0.3, 0.4) is 0 Å². The molecule has 1 amide bonds. The zero-order valence-corrected chi connectivity index (χ0v) is 17.4. The fourth-order valence-electron chi connectivity index (χ4n) is 3.09. The van der Waals surface area contributed by atoms with Crippen LogP contribution in [0, 0.1) is 0 Å². The number of H-pyrrole nitrogens is 1. The number of amides is 1. The molecule has 3 heterocycles. The maximum Gasteiger partial charge on any atom is 0.272 e. The highest BCUT2D eigenvalue weighted by molar-refractivity contribution is 9.10. The average molecular weight is 436 g/mol. The smallest absolute Gasteiger partial charge is 0.272 e. The van der Waals surface area contributed by atoms with E-state index in [2.05, 4.69) is 65.1 Å². The first kappa shape index (κ1) is 19.8. The molecule has 1 aliphatic heterocycles. The van der Waals surface area contributed by atoms with E-state index in [0.717, 1.165) is 55.3 Å². The van der Waals surface area contributed by atoms with Crippen molar-refractivity contribution in [1.29, 1.82) is 0 Å². The van der Waals surface area contributed by atoms with Gasteiger partial charge in [0.2, 0.25) is 5.95 Å². The predicted molar refractivity (Wildman–Crippen MR) is 108 cm³/mol. The van der Waals surface area contributed by atoms with Gasteiger partial charge in [0.05, 0.1) is 10.2 Å². The fourth-order valence-corrected chi connectivity index (χ4v) is 3.90. The fraction of sp³-hybridized carbons (Fsp3) is 0.556. The van der Waals surface area contributed by atoms with E-state index in [1.54, 1.807) is 12.4 Å². The van der Waals surface area contributed by atoms with Crippen LogP contribution < -0.4 is 10.2 Å². The summed E-state index contributed by atoms with van der Waals surface area (Å²) in [6.07, 6.45) is 4.46. The normalized spacial score (nSPS) is 15.3. The summed E-state index contributed by atoms with van der Waals surface area (Å²) in [4.78, 5) is 25.5. The molecule has 0 aliphatic carbocycles. The monoisotopic (exact) mass is 435 g/mol. The Labute approximate surface area is 167 Å². The topological polar surface area (TPSA) is 90.0 Å². The third-order valence-corrected chi connectivity index (χ3v) is 5.47. The van der Waals surface area contributed by atoms with Crippen molar-refractivity contribution in [3.63, 3.8) is 0 Å². The number of rotatable bonds is 7. The number of hydrogen-bond donors (Lipinski definition) is 2. The summed E-state index contributed by atoms with van der Waals surface area (Å²) in [6, 6.07) is 1.83. The van der Waals surface area contributed by atoms with E-state index in [9.17, 15) is 4.79 Å². The van der Waals surface area contributed by atoms with Gasteiger partial charge in [-0.1, -0.05) is 13.8 Å². The van der Waals surface area contributed by atoms with Crippen LogP contribution in [0.15, 0.2) is 22.9 Å². The standard InChI is InChI=1S/C18H26BrN7O/c1-13(2)15-14(19)16(24-23-15)17(27)20-7-4-8-25-9-11-26(12-10-25)18-21-5-3-6-22-18/h3,5-6,13H,4,7-12H2,1-2H3,(H,20,27)(H,23,24). The molecule has 0 unspecified atom stereocenters. The van der Waals surface area contributed by atoms with E-state index in [4.69, 9.17) is 0 Å². The molecule has 146 valence electrons. The molecule has 27 heavy (non-hydrogen) atoms. The molecule has 0 aromatic carbocycles. The summed E-state index contributed by atoms with van der Waals surface area (Å²) >= 11 is 3.47. The molecule has 0 atom stereocenters. The summed E-state index contributed by atoms with van der Waals surface area (Å²) in [5.41, 5.74) is 1.37. The molecule has 1 aliphatic rings. The second-order valence-corrected chi connectivity index (χ2v) is 7.73. The molecular formula is C18H26BrN7O. The lowest BCUT2D eigenvalue weighted by molar-refractivity contribution is 0.0945. The highest BCUT2D eigenvalue weighted by Crippen LogP contribution is 2.25. The van der Waals surface area contributed by atoms with Crippen LogP contribution in [-0.2, 0) is 0 Å². The highest BCUT2D eigenvalue weighted by Gasteiger charge is 2.20. The van der Waals surface area contributed by atoms with E-state index in [1.807, 2.05) is 6.07 Å². The number of carbonyl (C=O) groups is 1. The number of nitrogens with zero attached hydrogens (tertiary/aromatic N) is 5. The van der Waals surface area contributed by atoms with Gasteiger partial charge in [0.15, 0.2) is 5.69 Å². The lowest BCUT2D eigenvalue weighted by atomic mass is 10.1. The lowest BCUT2D eigenvalue weighted by Gasteiger charge is -2.34. The van der Waals surface area contributed by atoms with Crippen LogP contribution in [0.4, 0.5) is 5.95 Å². The summed E-state index contributed by atoms with van der Waals surface area (Å²) in [7, 11) is 0. The van der Waals surface area contributed by atoms with Crippen LogP contribution in [0.2, 0.25) is 0 Å². The van der Waals surface area contributed by atoms with Crippen molar-refractivity contribution in [1.82, 2.24) is 30.4 Å². The van der Waals surface area contributed by atoms with Gasteiger partial charge in [0.25, 0.3) is 5.91 Å². The molecule has 2 aromatic heterocycles. The van der Waals surface area contributed by atoms with Gasteiger partial charge in [0.1, 0.15) is 0 Å².